The molecule has 132 valence electrons. The SMILES string of the molecule is C=CCN1C(=O)C2(C(C#N)=C(N)OC(C)=C2C(=O)OC)c2ccccc21. The van der Waals surface area contributed by atoms with E-state index in [1.54, 1.807) is 30.3 Å². The first-order valence-electron chi connectivity index (χ1n) is 7.85. The number of anilines is 1. The number of esters is 1. The van der Waals surface area contributed by atoms with Gasteiger partial charge >= 0.3 is 5.97 Å². The van der Waals surface area contributed by atoms with Crippen LogP contribution in [0.2, 0.25) is 0 Å². The van der Waals surface area contributed by atoms with Gasteiger partial charge < -0.3 is 20.1 Å². The number of para-hydroxylation sites is 1. The highest BCUT2D eigenvalue weighted by Gasteiger charge is 2.61. The second-order valence-electron chi connectivity index (χ2n) is 5.85. The first-order chi connectivity index (χ1) is 12.4. The third-order valence-corrected chi connectivity index (χ3v) is 4.59. The Bertz CT molecular complexity index is 938. The summed E-state index contributed by atoms with van der Waals surface area (Å²) in [4.78, 5) is 27.6. The summed E-state index contributed by atoms with van der Waals surface area (Å²) in [5.41, 5.74) is 5.11. The minimum atomic E-state index is -1.70. The number of nitriles is 1. The molecule has 0 aliphatic carbocycles. The Morgan fingerprint density at radius 2 is 2.19 bits per heavy atom. The zero-order valence-electron chi connectivity index (χ0n) is 14.4. The molecule has 3 rings (SSSR count). The van der Waals surface area contributed by atoms with Gasteiger partial charge in [0.25, 0.3) is 0 Å². The molecule has 7 heteroatoms. The van der Waals surface area contributed by atoms with Crippen molar-refractivity contribution in [3.63, 3.8) is 0 Å². The van der Waals surface area contributed by atoms with Crippen LogP contribution in [0.5, 0.6) is 0 Å². The van der Waals surface area contributed by atoms with E-state index >= 15 is 0 Å². The average molecular weight is 351 g/mol. The van der Waals surface area contributed by atoms with Crippen molar-refractivity contribution in [2.24, 2.45) is 5.73 Å². The van der Waals surface area contributed by atoms with Gasteiger partial charge in [-0.2, -0.15) is 5.26 Å². The zero-order valence-corrected chi connectivity index (χ0v) is 14.4. The summed E-state index contributed by atoms with van der Waals surface area (Å²) in [6.07, 6.45) is 1.57. The number of allylic oxidation sites excluding steroid dienone is 1. The number of nitrogens with zero attached hydrogens (tertiary/aromatic N) is 2. The average Bonchev–Trinajstić information content (AvgIpc) is 2.86. The number of methoxy groups -OCH3 is 1. The van der Waals surface area contributed by atoms with Crippen LogP contribution in [-0.2, 0) is 24.5 Å². The molecule has 1 unspecified atom stereocenters. The molecule has 0 saturated carbocycles. The van der Waals surface area contributed by atoms with Gasteiger partial charge in [-0.1, -0.05) is 24.3 Å². The predicted molar refractivity (Wildman–Crippen MR) is 93.3 cm³/mol. The van der Waals surface area contributed by atoms with E-state index < -0.39 is 17.3 Å². The monoisotopic (exact) mass is 351 g/mol. The van der Waals surface area contributed by atoms with Gasteiger partial charge in [-0.15, -0.1) is 6.58 Å². The molecule has 0 saturated heterocycles. The number of benzene rings is 1. The zero-order chi connectivity index (χ0) is 19.1. The number of hydrogen-bond donors (Lipinski definition) is 1. The maximum Gasteiger partial charge on any atom is 0.339 e. The molecular formula is C19H17N3O4. The minimum Gasteiger partial charge on any atom is -0.466 e. The first kappa shape index (κ1) is 17.3. The molecule has 1 atom stereocenters. The van der Waals surface area contributed by atoms with Crippen molar-refractivity contribution in [3.05, 3.63) is 65.3 Å². The molecule has 2 aliphatic heterocycles. The Morgan fingerprint density at radius 1 is 1.50 bits per heavy atom. The fourth-order valence-corrected chi connectivity index (χ4v) is 3.63. The summed E-state index contributed by atoms with van der Waals surface area (Å²) in [6.45, 7) is 5.41. The molecule has 1 aromatic carbocycles. The Kier molecular flexibility index (Phi) is 4.04. The highest BCUT2D eigenvalue weighted by Crippen LogP contribution is 2.53. The molecule has 7 nitrogen and oxygen atoms in total. The summed E-state index contributed by atoms with van der Waals surface area (Å²) >= 11 is 0. The highest BCUT2D eigenvalue weighted by molar-refractivity contribution is 6.18. The quantitative estimate of drug-likeness (QED) is 0.655. The molecule has 1 spiro atoms. The largest absolute Gasteiger partial charge is 0.466 e. The lowest BCUT2D eigenvalue weighted by Gasteiger charge is -2.34. The van der Waals surface area contributed by atoms with Gasteiger partial charge in [-0.25, -0.2) is 4.79 Å². The number of carbonyl (C=O) groups is 2. The van der Waals surface area contributed by atoms with Crippen molar-refractivity contribution in [3.8, 4) is 6.07 Å². The van der Waals surface area contributed by atoms with Gasteiger partial charge in [0.2, 0.25) is 11.8 Å². The third-order valence-electron chi connectivity index (χ3n) is 4.59. The van der Waals surface area contributed by atoms with E-state index in [9.17, 15) is 14.9 Å². The molecule has 1 amide bonds. The molecular weight excluding hydrogens is 334 g/mol. The normalized spacial score (nSPS) is 21.4. The second kappa shape index (κ2) is 6.08. The van der Waals surface area contributed by atoms with Crippen molar-refractivity contribution in [2.45, 2.75) is 12.3 Å². The second-order valence-corrected chi connectivity index (χ2v) is 5.85. The summed E-state index contributed by atoms with van der Waals surface area (Å²) in [6, 6.07) is 8.91. The molecule has 2 N–H and O–H groups in total. The van der Waals surface area contributed by atoms with Crippen LogP contribution in [0.25, 0.3) is 0 Å². The predicted octanol–water partition coefficient (Wildman–Crippen LogP) is 1.63. The number of ether oxygens (including phenoxy) is 2. The fraction of sp³-hybridized carbons (Fsp3) is 0.211. The Balaban J connectivity index is 2.46. The molecule has 0 fully saturated rings. The number of carbonyl (C=O) groups excluding carboxylic acids is 2. The lowest BCUT2D eigenvalue weighted by molar-refractivity contribution is -0.138. The van der Waals surface area contributed by atoms with Gasteiger partial charge in [0.1, 0.15) is 23.0 Å². The summed E-state index contributed by atoms with van der Waals surface area (Å²) in [5.74, 6) is -1.31. The molecule has 2 heterocycles. The van der Waals surface area contributed by atoms with Crippen LogP contribution in [0.4, 0.5) is 5.69 Å². The Hall–Kier alpha value is -3.53. The highest BCUT2D eigenvalue weighted by atomic mass is 16.5. The van der Waals surface area contributed by atoms with Gasteiger partial charge in [0.05, 0.1) is 7.11 Å². The molecule has 0 radical (unpaired) electrons. The van der Waals surface area contributed by atoms with E-state index in [0.717, 1.165) is 0 Å². The van der Waals surface area contributed by atoms with E-state index in [4.69, 9.17) is 15.2 Å². The standard InChI is InChI=1S/C19H17N3O4/c1-4-9-22-14-8-6-5-7-12(14)19(18(22)24)13(10-20)16(21)26-11(2)15(19)17(23)25-3/h4-8H,1,9,21H2,2-3H3. The Labute approximate surface area is 150 Å². The van der Waals surface area contributed by atoms with Crippen LogP contribution in [0.1, 0.15) is 12.5 Å². The van der Waals surface area contributed by atoms with Gasteiger partial charge in [-0.3, -0.25) is 4.79 Å². The van der Waals surface area contributed by atoms with Crippen molar-refractivity contribution in [1.82, 2.24) is 0 Å². The summed E-state index contributed by atoms with van der Waals surface area (Å²) in [7, 11) is 1.21. The maximum atomic E-state index is 13.6. The van der Waals surface area contributed by atoms with Crippen LogP contribution in [0.3, 0.4) is 0 Å². The third kappa shape index (κ3) is 1.99. The number of hydrogen-bond acceptors (Lipinski definition) is 6. The number of amides is 1. The number of fused-ring (bicyclic) bond motifs is 2. The van der Waals surface area contributed by atoms with Crippen molar-refractivity contribution in [1.29, 1.82) is 5.26 Å². The van der Waals surface area contributed by atoms with E-state index in [1.807, 2.05) is 6.07 Å². The molecule has 2 aliphatic rings. The van der Waals surface area contributed by atoms with Gasteiger partial charge in [0.15, 0.2) is 5.41 Å². The van der Waals surface area contributed by atoms with Crippen molar-refractivity contribution in [2.75, 3.05) is 18.6 Å². The van der Waals surface area contributed by atoms with Crippen LogP contribution >= 0.6 is 0 Å². The van der Waals surface area contributed by atoms with Crippen LogP contribution in [-0.4, -0.2) is 25.5 Å². The molecule has 0 bridgehead atoms. The maximum absolute atomic E-state index is 13.6. The van der Waals surface area contributed by atoms with Gasteiger partial charge in [-0.05, 0) is 13.0 Å². The van der Waals surface area contributed by atoms with Crippen molar-refractivity contribution < 1.29 is 19.1 Å². The lowest BCUT2D eigenvalue weighted by Crippen LogP contribution is -2.48. The lowest BCUT2D eigenvalue weighted by atomic mass is 9.68. The topological polar surface area (TPSA) is 106 Å². The summed E-state index contributed by atoms with van der Waals surface area (Å²) in [5, 5.41) is 9.77. The van der Waals surface area contributed by atoms with Crippen molar-refractivity contribution >= 4 is 17.6 Å². The molecule has 1 aromatic rings. The number of nitrogens with two attached hydrogens (primary N) is 1. The molecule has 26 heavy (non-hydrogen) atoms. The first-order valence-corrected chi connectivity index (χ1v) is 7.85. The van der Waals surface area contributed by atoms with E-state index in [0.29, 0.717) is 11.3 Å². The molecule has 0 aromatic heterocycles. The van der Waals surface area contributed by atoms with Crippen LogP contribution < -0.4 is 10.6 Å². The van der Waals surface area contributed by atoms with Gasteiger partial charge in [0, 0.05) is 17.8 Å². The number of rotatable bonds is 3. The van der Waals surface area contributed by atoms with E-state index in [2.05, 4.69) is 6.58 Å². The minimum absolute atomic E-state index is 0.0465. The summed E-state index contributed by atoms with van der Waals surface area (Å²) < 4.78 is 10.3. The smallest absolute Gasteiger partial charge is 0.339 e. The fourth-order valence-electron chi connectivity index (χ4n) is 3.63. The van der Waals surface area contributed by atoms with E-state index in [-0.39, 0.29) is 29.3 Å². The Morgan fingerprint density at radius 3 is 2.81 bits per heavy atom. The van der Waals surface area contributed by atoms with Crippen LogP contribution in [0.15, 0.2) is 59.7 Å². The van der Waals surface area contributed by atoms with Crippen LogP contribution in [0, 0.1) is 11.3 Å². The van der Waals surface area contributed by atoms with E-state index in [1.165, 1.54) is 18.9 Å².